The molecule has 0 saturated carbocycles. The number of likely N-dealkylation sites (tertiary alicyclic amines) is 1. The monoisotopic (exact) mass is 269 g/mol. The highest BCUT2D eigenvalue weighted by Crippen LogP contribution is 2.29. The molecule has 1 N–H and O–H groups in total. The Morgan fingerprint density at radius 3 is 2.53 bits per heavy atom. The molecule has 1 amide bonds. The molecule has 2 atom stereocenters. The van der Waals surface area contributed by atoms with Crippen molar-refractivity contribution in [3.8, 4) is 0 Å². The summed E-state index contributed by atoms with van der Waals surface area (Å²) in [5, 5.41) is 8.92. The molecule has 0 radical (unpaired) electrons. The summed E-state index contributed by atoms with van der Waals surface area (Å²) in [4.78, 5) is 24.9. The topological polar surface area (TPSA) is 57.6 Å². The molecule has 0 aromatic rings. The highest BCUT2D eigenvalue weighted by molar-refractivity contribution is 5.76. The molecule has 110 valence electrons. The molecule has 0 bridgehead atoms. The van der Waals surface area contributed by atoms with Gasteiger partial charge in [-0.05, 0) is 24.7 Å². The van der Waals surface area contributed by atoms with Crippen molar-refractivity contribution in [2.45, 2.75) is 58.8 Å². The summed E-state index contributed by atoms with van der Waals surface area (Å²) in [6.07, 6.45) is 5.90. The number of amides is 1. The summed E-state index contributed by atoms with van der Waals surface area (Å²) < 4.78 is 0. The van der Waals surface area contributed by atoms with Gasteiger partial charge < -0.3 is 10.0 Å². The number of unbranched alkanes of at least 4 members (excludes halogenated alkanes) is 2. The zero-order chi connectivity index (χ0) is 14.3. The second kappa shape index (κ2) is 8.18. The first-order valence-electron chi connectivity index (χ1n) is 7.58. The molecule has 0 spiro atoms. The van der Waals surface area contributed by atoms with Crippen LogP contribution >= 0.6 is 0 Å². The van der Waals surface area contributed by atoms with Crippen molar-refractivity contribution in [3.63, 3.8) is 0 Å². The molecule has 1 heterocycles. The van der Waals surface area contributed by atoms with Crippen molar-refractivity contribution in [1.82, 2.24) is 4.90 Å². The van der Waals surface area contributed by atoms with Crippen LogP contribution in [0, 0.1) is 11.8 Å². The minimum atomic E-state index is -0.717. The van der Waals surface area contributed by atoms with Crippen molar-refractivity contribution in [2.75, 3.05) is 13.1 Å². The number of hydrogen-bond acceptors (Lipinski definition) is 2. The standard InChI is InChI=1S/C15H27NO3/c1-3-5-6-7-14(17)16-9-8-13(10-15(18)19)12(4-2)11-16/h12-13H,3-11H2,1-2H3,(H,18,19)/t12-,13-/m0/s1. The summed E-state index contributed by atoms with van der Waals surface area (Å²) in [6, 6.07) is 0. The molecule has 1 fully saturated rings. The number of rotatable bonds is 7. The maximum Gasteiger partial charge on any atom is 0.303 e. The van der Waals surface area contributed by atoms with E-state index in [-0.39, 0.29) is 18.2 Å². The minimum Gasteiger partial charge on any atom is -0.481 e. The van der Waals surface area contributed by atoms with E-state index in [1.165, 1.54) is 0 Å². The van der Waals surface area contributed by atoms with Crippen LogP contribution in [0.3, 0.4) is 0 Å². The van der Waals surface area contributed by atoms with Crippen LogP contribution in [-0.4, -0.2) is 35.0 Å². The Bertz CT molecular complexity index is 304. The molecule has 0 aromatic carbocycles. The third-order valence-corrected chi connectivity index (χ3v) is 4.20. The lowest BCUT2D eigenvalue weighted by atomic mass is 9.81. The largest absolute Gasteiger partial charge is 0.481 e. The molecular weight excluding hydrogens is 242 g/mol. The van der Waals surface area contributed by atoms with E-state index >= 15 is 0 Å². The lowest BCUT2D eigenvalue weighted by molar-refractivity contribution is -0.140. The van der Waals surface area contributed by atoms with Gasteiger partial charge in [-0.3, -0.25) is 9.59 Å². The Kier molecular flexibility index (Phi) is 6.89. The van der Waals surface area contributed by atoms with Gasteiger partial charge in [0.05, 0.1) is 0 Å². The second-order valence-corrected chi connectivity index (χ2v) is 5.61. The maximum absolute atomic E-state index is 12.1. The molecule has 1 aliphatic heterocycles. The Morgan fingerprint density at radius 2 is 1.95 bits per heavy atom. The Labute approximate surface area is 116 Å². The predicted octanol–water partition coefficient (Wildman–Crippen LogP) is 2.92. The lowest BCUT2D eigenvalue weighted by Gasteiger charge is -2.38. The van der Waals surface area contributed by atoms with Crippen LogP contribution in [0.1, 0.15) is 58.8 Å². The third kappa shape index (κ3) is 5.21. The second-order valence-electron chi connectivity index (χ2n) is 5.61. The minimum absolute atomic E-state index is 0.238. The van der Waals surface area contributed by atoms with E-state index < -0.39 is 5.97 Å². The number of carboxylic acids is 1. The summed E-state index contributed by atoms with van der Waals surface area (Å²) >= 11 is 0. The summed E-state index contributed by atoms with van der Waals surface area (Å²) in [5.74, 6) is 0.119. The molecule has 1 saturated heterocycles. The van der Waals surface area contributed by atoms with Crippen LogP contribution in [0.2, 0.25) is 0 Å². The average molecular weight is 269 g/mol. The molecule has 4 heteroatoms. The van der Waals surface area contributed by atoms with Gasteiger partial charge in [0, 0.05) is 25.9 Å². The molecule has 1 rings (SSSR count). The number of carboxylic acid groups (broad SMARTS) is 1. The number of carbonyl (C=O) groups is 2. The van der Waals surface area contributed by atoms with E-state index in [0.29, 0.717) is 12.3 Å². The van der Waals surface area contributed by atoms with Crippen LogP contribution in [0.5, 0.6) is 0 Å². The van der Waals surface area contributed by atoms with Gasteiger partial charge in [-0.15, -0.1) is 0 Å². The molecular formula is C15H27NO3. The number of nitrogens with zero attached hydrogens (tertiary/aromatic N) is 1. The molecule has 1 aliphatic rings. The SMILES string of the molecule is CCCCCC(=O)N1CC[C@@H](CC(=O)O)[C@@H](CC)C1. The van der Waals surface area contributed by atoms with Crippen molar-refractivity contribution >= 4 is 11.9 Å². The smallest absolute Gasteiger partial charge is 0.303 e. The van der Waals surface area contributed by atoms with Gasteiger partial charge in [-0.25, -0.2) is 0 Å². The number of hydrogen-bond donors (Lipinski definition) is 1. The fourth-order valence-corrected chi connectivity index (χ4v) is 2.95. The molecule has 4 nitrogen and oxygen atoms in total. The van der Waals surface area contributed by atoms with Gasteiger partial charge in [0.2, 0.25) is 5.91 Å². The first-order valence-corrected chi connectivity index (χ1v) is 7.58. The van der Waals surface area contributed by atoms with Gasteiger partial charge in [0.25, 0.3) is 0 Å². The van der Waals surface area contributed by atoms with Crippen molar-refractivity contribution < 1.29 is 14.7 Å². The van der Waals surface area contributed by atoms with Gasteiger partial charge in [0.15, 0.2) is 0 Å². The predicted molar refractivity (Wildman–Crippen MR) is 74.9 cm³/mol. The van der Waals surface area contributed by atoms with Gasteiger partial charge in [-0.2, -0.15) is 0 Å². The van der Waals surface area contributed by atoms with Crippen LogP contribution in [0.4, 0.5) is 0 Å². The average Bonchev–Trinajstić information content (AvgIpc) is 2.38. The number of piperidine rings is 1. The third-order valence-electron chi connectivity index (χ3n) is 4.20. The quantitative estimate of drug-likeness (QED) is 0.723. The maximum atomic E-state index is 12.1. The van der Waals surface area contributed by atoms with Crippen LogP contribution in [0.25, 0.3) is 0 Å². The zero-order valence-corrected chi connectivity index (χ0v) is 12.2. The van der Waals surface area contributed by atoms with Gasteiger partial charge in [0.1, 0.15) is 0 Å². The molecule has 0 unspecified atom stereocenters. The number of aliphatic carboxylic acids is 1. The van der Waals surface area contributed by atoms with Crippen LogP contribution in [0.15, 0.2) is 0 Å². The van der Waals surface area contributed by atoms with Crippen molar-refractivity contribution in [1.29, 1.82) is 0 Å². The van der Waals surface area contributed by atoms with E-state index in [1.807, 2.05) is 4.90 Å². The highest BCUT2D eigenvalue weighted by atomic mass is 16.4. The van der Waals surface area contributed by atoms with Crippen LogP contribution < -0.4 is 0 Å². The van der Waals surface area contributed by atoms with E-state index in [9.17, 15) is 9.59 Å². The summed E-state index contributed by atoms with van der Waals surface area (Å²) in [5.41, 5.74) is 0. The Balaban J connectivity index is 2.44. The zero-order valence-electron chi connectivity index (χ0n) is 12.2. The summed E-state index contributed by atoms with van der Waals surface area (Å²) in [7, 11) is 0. The fraction of sp³-hybridized carbons (Fsp3) is 0.867. The Hall–Kier alpha value is -1.06. The summed E-state index contributed by atoms with van der Waals surface area (Å²) in [6.45, 7) is 5.71. The fourth-order valence-electron chi connectivity index (χ4n) is 2.95. The van der Waals surface area contributed by atoms with E-state index in [1.54, 1.807) is 0 Å². The van der Waals surface area contributed by atoms with E-state index in [0.717, 1.165) is 45.2 Å². The first kappa shape index (κ1) is 16.0. The lowest BCUT2D eigenvalue weighted by Crippen LogP contribution is -2.44. The molecule has 19 heavy (non-hydrogen) atoms. The highest BCUT2D eigenvalue weighted by Gasteiger charge is 2.31. The van der Waals surface area contributed by atoms with Gasteiger partial charge >= 0.3 is 5.97 Å². The van der Waals surface area contributed by atoms with Crippen molar-refractivity contribution in [2.24, 2.45) is 11.8 Å². The first-order chi connectivity index (χ1) is 9.08. The van der Waals surface area contributed by atoms with Gasteiger partial charge in [-0.1, -0.05) is 33.1 Å². The Morgan fingerprint density at radius 1 is 1.21 bits per heavy atom. The number of carbonyl (C=O) groups excluding carboxylic acids is 1. The molecule has 0 aliphatic carbocycles. The molecule has 0 aromatic heterocycles. The van der Waals surface area contributed by atoms with E-state index in [4.69, 9.17) is 5.11 Å². The van der Waals surface area contributed by atoms with Crippen LogP contribution in [-0.2, 0) is 9.59 Å². The normalized spacial score (nSPS) is 23.4. The van der Waals surface area contributed by atoms with E-state index in [2.05, 4.69) is 13.8 Å². The van der Waals surface area contributed by atoms with Crippen molar-refractivity contribution in [3.05, 3.63) is 0 Å².